The summed E-state index contributed by atoms with van der Waals surface area (Å²) in [5, 5.41) is 17.6. The van der Waals surface area contributed by atoms with Crippen molar-refractivity contribution in [2.24, 2.45) is 13.0 Å². The molecule has 6 heteroatoms. The monoisotopic (exact) mass is 441 g/mol. The lowest BCUT2D eigenvalue weighted by Gasteiger charge is -2.50. The number of fused-ring (bicyclic) bond motifs is 3. The van der Waals surface area contributed by atoms with E-state index in [1.54, 1.807) is 7.11 Å². The van der Waals surface area contributed by atoms with E-state index in [1.807, 2.05) is 30.3 Å². The van der Waals surface area contributed by atoms with Crippen molar-refractivity contribution in [1.82, 2.24) is 20.0 Å². The van der Waals surface area contributed by atoms with Crippen LogP contribution in [-0.2, 0) is 13.6 Å². The fraction of sp³-hybridized carbons (Fsp3) is 0.407. The van der Waals surface area contributed by atoms with Crippen molar-refractivity contribution in [1.29, 1.82) is 5.26 Å². The molecule has 1 unspecified atom stereocenters. The first-order valence-electron chi connectivity index (χ1n) is 11.8. The second-order valence-corrected chi connectivity index (χ2v) is 9.29. The summed E-state index contributed by atoms with van der Waals surface area (Å²) in [5.41, 5.74) is 5.40. The van der Waals surface area contributed by atoms with E-state index in [0.29, 0.717) is 17.9 Å². The molecule has 0 saturated carbocycles. The third kappa shape index (κ3) is 4.52. The van der Waals surface area contributed by atoms with Crippen LogP contribution in [-0.4, -0.2) is 47.5 Å². The number of benzene rings is 2. The largest absolute Gasteiger partial charge is 0.497 e. The molecule has 3 aliphatic heterocycles. The molecule has 3 fully saturated rings. The summed E-state index contributed by atoms with van der Waals surface area (Å²) in [6.45, 7) is 4.08. The van der Waals surface area contributed by atoms with E-state index >= 15 is 0 Å². The lowest BCUT2D eigenvalue weighted by molar-refractivity contribution is 0.0282. The third-order valence-corrected chi connectivity index (χ3v) is 7.33. The Labute approximate surface area is 195 Å². The third-order valence-electron chi connectivity index (χ3n) is 7.33. The van der Waals surface area contributed by atoms with E-state index in [4.69, 9.17) is 15.1 Å². The van der Waals surface area contributed by atoms with Crippen molar-refractivity contribution < 1.29 is 4.74 Å². The number of nitrogens with one attached hydrogen (secondary N) is 1. The molecule has 3 saturated heterocycles. The first-order valence-corrected chi connectivity index (χ1v) is 11.8. The molecule has 3 aromatic rings. The maximum atomic E-state index is 9.10. The Morgan fingerprint density at radius 1 is 1.18 bits per heavy atom. The summed E-state index contributed by atoms with van der Waals surface area (Å²) < 4.78 is 7.37. The lowest BCUT2D eigenvalue weighted by Crippen LogP contribution is -2.55. The predicted octanol–water partition coefficient (Wildman–Crippen LogP) is 3.93. The zero-order valence-corrected chi connectivity index (χ0v) is 19.4. The van der Waals surface area contributed by atoms with E-state index in [-0.39, 0.29) is 0 Å². The number of nitriles is 1. The molecular weight excluding hydrogens is 410 g/mol. The van der Waals surface area contributed by atoms with Gasteiger partial charge >= 0.3 is 0 Å². The van der Waals surface area contributed by atoms with Crippen LogP contribution in [0.5, 0.6) is 5.75 Å². The Morgan fingerprint density at radius 3 is 2.76 bits per heavy atom. The normalized spacial score (nSPS) is 23.9. The molecule has 1 N–H and O–H groups in total. The van der Waals surface area contributed by atoms with Crippen molar-refractivity contribution in [3.8, 4) is 23.1 Å². The van der Waals surface area contributed by atoms with Crippen LogP contribution in [0.1, 0.15) is 35.6 Å². The van der Waals surface area contributed by atoms with Crippen molar-refractivity contribution in [2.75, 3.05) is 26.7 Å². The zero-order valence-electron chi connectivity index (χ0n) is 19.4. The molecule has 2 aromatic carbocycles. The Balaban J connectivity index is 1.22. The Bertz CT molecular complexity index is 1150. The van der Waals surface area contributed by atoms with Crippen LogP contribution in [0.15, 0.2) is 54.6 Å². The molecule has 0 amide bonds. The van der Waals surface area contributed by atoms with Gasteiger partial charge in [0, 0.05) is 49.9 Å². The number of hydrogen-bond acceptors (Lipinski definition) is 5. The smallest absolute Gasteiger partial charge is 0.118 e. The molecule has 4 heterocycles. The molecule has 6 rings (SSSR count). The highest BCUT2D eigenvalue weighted by Gasteiger charge is 2.41. The second kappa shape index (κ2) is 9.38. The SMILES string of the molecule is COc1ccc(-c2cc([C@H]3CN4CC[C@H]3C[C@@H]4CNCc3cccc(C#N)c3)n(C)n2)cc1. The Kier molecular flexibility index (Phi) is 6.17. The Hall–Kier alpha value is -3.14. The number of ether oxygens (including phenoxy) is 1. The number of nitrogens with zero attached hydrogens (tertiary/aromatic N) is 4. The average molecular weight is 442 g/mol. The van der Waals surface area contributed by atoms with Crippen molar-refractivity contribution >= 4 is 0 Å². The minimum absolute atomic E-state index is 0.534. The number of hydrogen-bond donors (Lipinski definition) is 1. The molecule has 0 aliphatic carbocycles. The number of aromatic nitrogens is 2. The van der Waals surface area contributed by atoms with E-state index in [2.05, 4.69) is 52.3 Å². The van der Waals surface area contributed by atoms with Gasteiger partial charge in [0.05, 0.1) is 24.4 Å². The van der Waals surface area contributed by atoms with Gasteiger partial charge in [0.25, 0.3) is 0 Å². The fourth-order valence-electron chi connectivity index (χ4n) is 5.55. The summed E-state index contributed by atoms with van der Waals surface area (Å²) in [7, 11) is 3.77. The lowest BCUT2D eigenvalue weighted by atomic mass is 9.74. The van der Waals surface area contributed by atoms with Crippen LogP contribution >= 0.6 is 0 Å². The van der Waals surface area contributed by atoms with Crippen molar-refractivity contribution in [3.63, 3.8) is 0 Å². The maximum absolute atomic E-state index is 9.10. The predicted molar refractivity (Wildman–Crippen MR) is 129 cm³/mol. The fourth-order valence-corrected chi connectivity index (χ4v) is 5.55. The molecule has 2 bridgehead atoms. The van der Waals surface area contributed by atoms with Gasteiger partial charge < -0.3 is 10.1 Å². The summed E-state index contributed by atoms with van der Waals surface area (Å²) in [6, 6.07) is 21.1. The highest BCUT2D eigenvalue weighted by atomic mass is 16.5. The zero-order chi connectivity index (χ0) is 22.8. The van der Waals surface area contributed by atoms with Gasteiger partial charge in [-0.25, -0.2) is 0 Å². The molecule has 6 nitrogen and oxygen atoms in total. The van der Waals surface area contributed by atoms with Gasteiger partial charge in [0.2, 0.25) is 0 Å². The Morgan fingerprint density at radius 2 is 2.03 bits per heavy atom. The first kappa shape index (κ1) is 21.7. The number of methoxy groups -OCH3 is 1. The van der Waals surface area contributed by atoms with Gasteiger partial charge in [-0.3, -0.25) is 9.58 Å². The second-order valence-electron chi connectivity index (χ2n) is 9.29. The molecular formula is C27H31N5O. The molecule has 3 aliphatic rings. The van der Waals surface area contributed by atoms with Crippen molar-refractivity contribution in [2.45, 2.75) is 31.3 Å². The van der Waals surface area contributed by atoms with Gasteiger partial charge in [-0.15, -0.1) is 0 Å². The highest BCUT2D eigenvalue weighted by molar-refractivity contribution is 5.60. The van der Waals surface area contributed by atoms with Gasteiger partial charge in [0.15, 0.2) is 0 Å². The standard InChI is InChI=1S/C27H31N5O/c1-31-27(14-26(30-31)21-6-8-24(33-2)9-7-21)25-18-32-11-10-22(25)13-23(32)17-29-16-20-5-3-4-19(12-20)15-28/h3-9,12,14,22-23,25,29H,10-11,13,16-18H2,1-2H3/t22-,23+,25-/m0/s1. The minimum Gasteiger partial charge on any atom is -0.497 e. The van der Waals surface area contributed by atoms with Crippen LogP contribution in [0.25, 0.3) is 11.3 Å². The minimum atomic E-state index is 0.534. The molecule has 1 aromatic heterocycles. The number of rotatable bonds is 7. The van der Waals surface area contributed by atoms with Crippen LogP contribution in [0.2, 0.25) is 0 Å². The molecule has 0 radical (unpaired) electrons. The van der Waals surface area contributed by atoms with Crippen LogP contribution in [0.3, 0.4) is 0 Å². The van der Waals surface area contributed by atoms with Crippen LogP contribution < -0.4 is 10.1 Å². The average Bonchev–Trinajstić information content (AvgIpc) is 3.26. The van der Waals surface area contributed by atoms with Gasteiger partial charge in [-0.1, -0.05) is 12.1 Å². The summed E-state index contributed by atoms with van der Waals surface area (Å²) in [4.78, 5) is 2.66. The summed E-state index contributed by atoms with van der Waals surface area (Å²) >= 11 is 0. The van der Waals surface area contributed by atoms with Crippen LogP contribution in [0, 0.1) is 17.2 Å². The van der Waals surface area contributed by atoms with Crippen LogP contribution in [0.4, 0.5) is 0 Å². The molecule has 4 atom stereocenters. The van der Waals surface area contributed by atoms with Gasteiger partial charge in [0.1, 0.15) is 5.75 Å². The van der Waals surface area contributed by atoms with Crippen molar-refractivity contribution in [3.05, 3.63) is 71.4 Å². The van der Waals surface area contributed by atoms with E-state index in [0.717, 1.165) is 42.2 Å². The molecule has 0 spiro atoms. The van der Waals surface area contributed by atoms with E-state index in [9.17, 15) is 0 Å². The topological polar surface area (TPSA) is 66.1 Å². The highest BCUT2D eigenvalue weighted by Crippen LogP contribution is 2.42. The van der Waals surface area contributed by atoms with E-state index in [1.165, 1.54) is 30.6 Å². The molecule has 170 valence electrons. The summed E-state index contributed by atoms with van der Waals surface area (Å²) in [6.07, 6.45) is 2.48. The van der Waals surface area contributed by atoms with Gasteiger partial charge in [-0.2, -0.15) is 10.4 Å². The molecule has 33 heavy (non-hydrogen) atoms. The number of aryl methyl sites for hydroxylation is 1. The first-order chi connectivity index (χ1) is 16.1. The number of piperidine rings is 3. The van der Waals surface area contributed by atoms with E-state index < -0.39 is 0 Å². The maximum Gasteiger partial charge on any atom is 0.118 e. The summed E-state index contributed by atoms with van der Waals surface area (Å²) in [5.74, 6) is 2.10. The quantitative estimate of drug-likeness (QED) is 0.602. The van der Waals surface area contributed by atoms with Gasteiger partial charge in [-0.05, 0) is 73.3 Å².